The predicted octanol–water partition coefficient (Wildman–Crippen LogP) is 0.826. The number of likely N-dealkylation sites (tertiary alicyclic amines) is 1. The van der Waals surface area contributed by atoms with Gasteiger partial charge < -0.3 is 20.5 Å². The summed E-state index contributed by atoms with van der Waals surface area (Å²) in [7, 11) is 0. The lowest BCUT2D eigenvalue weighted by Gasteiger charge is -2.31. The number of aliphatic hydroxyl groups is 1. The summed E-state index contributed by atoms with van der Waals surface area (Å²) < 4.78 is 5.54. The number of hydrogen-bond acceptors (Lipinski definition) is 10. The van der Waals surface area contributed by atoms with Crippen LogP contribution >= 0.6 is 11.8 Å². The van der Waals surface area contributed by atoms with Crippen molar-refractivity contribution in [2.24, 2.45) is 0 Å². The molecule has 2 fully saturated rings. The normalized spacial score (nSPS) is 24.8. The number of morpholine rings is 1. The molecule has 0 aliphatic carbocycles. The maximum Gasteiger partial charge on any atom is 0.219 e. The van der Waals surface area contributed by atoms with E-state index in [1.807, 2.05) is 11.8 Å². The Balaban J connectivity index is 1.43. The zero-order valence-corrected chi connectivity index (χ0v) is 17.7. The van der Waals surface area contributed by atoms with Crippen molar-refractivity contribution >= 4 is 23.5 Å². The Hall–Kier alpha value is -2.01. The Morgan fingerprint density at radius 3 is 2.73 bits per heavy atom. The van der Waals surface area contributed by atoms with E-state index in [4.69, 9.17) is 20.4 Å². The topological polar surface area (TPSA) is 114 Å². The zero-order chi connectivity index (χ0) is 20.5. The van der Waals surface area contributed by atoms with Crippen LogP contribution in [0, 0.1) is 0 Å². The van der Waals surface area contributed by atoms with Gasteiger partial charge in [0.1, 0.15) is 5.82 Å². The number of nitrogens with two attached hydrogens (primary N) is 1. The van der Waals surface area contributed by atoms with Crippen LogP contribution in [0.5, 0.6) is 0 Å². The number of fused-ring (bicyclic) bond motifs is 1. The number of thioether (sulfide) groups is 1. The molecule has 2 aromatic rings. The maximum absolute atomic E-state index is 10.0. The molecule has 9 nitrogen and oxygen atoms in total. The molecule has 3 N–H and O–H groups in total. The third-order valence-electron chi connectivity index (χ3n) is 5.81. The van der Waals surface area contributed by atoms with Gasteiger partial charge in [-0.1, -0.05) is 0 Å². The number of hydrogen-bond donors (Lipinski definition) is 2. The molecular formula is C20H27N7O2S. The lowest BCUT2D eigenvalue weighted by molar-refractivity contribution is 0.0711. The average Bonchev–Trinajstić information content (AvgIpc) is 3.16. The molecule has 0 spiro atoms. The number of nitrogens with zero attached hydrogens (tertiary/aromatic N) is 6. The van der Waals surface area contributed by atoms with Crippen LogP contribution in [0.3, 0.4) is 0 Å². The first-order valence-electron chi connectivity index (χ1n) is 10.5. The van der Waals surface area contributed by atoms with E-state index < -0.39 is 0 Å². The van der Waals surface area contributed by atoms with Crippen molar-refractivity contribution in [1.29, 1.82) is 0 Å². The van der Waals surface area contributed by atoms with Crippen LogP contribution in [-0.4, -0.2) is 87.2 Å². The Labute approximate surface area is 180 Å². The van der Waals surface area contributed by atoms with E-state index in [1.165, 1.54) is 4.90 Å². The molecule has 1 unspecified atom stereocenters. The van der Waals surface area contributed by atoms with Gasteiger partial charge in [0.2, 0.25) is 5.95 Å². The van der Waals surface area contributed by atoms with Crippen molar-refractivity contribution in [3.8, 4) is 11.4 Å². The third kappa shape index (κ3) is 4.22. The second kappa shape index (κ2) is 8.62. The second-order valence-corrected chi connectivity index (χ2v) is 9.39. The second-order valence-electron chi connectivity index (χ2n) is 8.08. The van der Waals surface area contributed by atoms with Crippen LogP contribution in [0.15, 0.2) is 17.3 Å². The van der Waals surface area contributed by atoms with Gasteiger partial charge in [0.05, 0.1) is 35.5 Å². The van der Waals surface area contributed by atoms with Crippen LogP contribution in [0.1, 0.15) is 18.5 Å². The average molecular weight is 430 g/mol. The van der Waals surface area contributed by atoms with Gasteiger partial charge in [-0.3, -0.25) is 4.90 Å². The fourth-order valence-corrected chi connectivity index (χ4v) is 5.73. The highest BCUT2D eigenvalue weighted by molar-refractivity contribution is 8.00. The molecule has 0 saturated carbocycles. The summed E-state index contributed by atoms with van der Waals surface area (Å²) in [6, 6.07) is 0. The quantitative estimate of drug-likeness (QED) is 0.724. The highest BCUT2D eigenvalue weighted by Crippen LogP contribution is 2.43. The predicted molar refractivity (Wildman–Crippen MR) is 116 cm³/mol. The highest BCUT2D eigenvalue weighted by atomic mass is 32.2. The van der Waals surface area contributed by atoms with Crippen LogP contribution in [0.4, 0.5) is 11.8 Å². The van der Waals surface area contributed by atoms with Crippen LogP contribution in [-0.2, 0) is 11.2 Å². The molecule has 2 saturated heterocycles. The summed E-state index contributed by atoms with van der Waals surface area (Å²) in [5.41, 5.74) is 7.51. The number of piperidine rings is 1. The number of β-amino-alcohol motifs (C(OH)–C–C–N with tert-alkyl or cyclic N) is 1. The van der Waals surface area contributed by atoms with E-state index in [0.717, 1.165) is 69.1 Å². The zero-order valence-electron chi connectivity index (χ0n) is 16.9. The van der Waals surface area contributed by atoms with Crippen LogP contribution in [0.25, 0.3) is 11.4 Å². The Morgan fingerprint density at radius 1 is 1.17 bits per heavy atom. The summed E-state index contributed by atoms with van der Waals surface area (Å²) in [6.07, 6.45) is 6.03. The minimum atomic E-state index is -0.201. The number of aromatic nitrogens is 4. The molecule has 0 radical (unpaired) electrons. The summed E-state index contributed by atoms with van der Waals surface area (Å²) >= 11 is 1.88. The molecule has 0 aromatic carbocycles. The molecule has 30 heavy (non-hydrogen) atoms. The van der Waals surface area contributed by atoms with Gasteiger partial charge in [-0.05, 0) is 19.4 Å². The molecule has 2 atom stereocenters. The lowest BCUT2D eigenvalue weighted by atomic mass is 10.1. The number of nitrogen functional groups attached to an aromatic ring is 1. The molecule has 3 aliphatic heterocycles. The number of anilines is 2. The lowest BCUT2D eigenvalue weighted by Crippen LogP contribution is -2.41. The summed E-state index contributed by atoms with van der Waals surface area (Å²) in [4.78, 5) is 23.9. The van der Waals surface area contributed by atoms with E-state index in [9.17, 15) is 5.11 Å². The maximum atomic E-state index is 10.0. The first kappa shape index (κ1) is 19.9. The van der Waals surface area contributed by atoms with Crippen molar-refractivity contribution in [3.05, 3.63) is 18.1 Å². The van der Waals surface area contributed by atoms with Crippen molar-refractivity contribution in [3.63, 3.8) is 0 Å². The van der Waals surface area contributed by atoms with Gasteiger partial charge in [0.25, 0.3) is 0 Å². The monoisotopic (exact) mass is 429 g/mol. The minimum absolute atomic E-state index is 0.201. The summed E-state index contributed by atoms with van der Waals surface area (Å²) in [5.74, 6) is 1.87. The minimum Gasteiger partial charge on any atom is -0.392 e. The van der Waals surface area contributed by atoms with Crippen LogP contribution < -0.4 is 10.6 Å². The van der Waals surface area contributed by atoms with Crippen LogP contribution in [0.2, 0.25) is 0 Å². The van der Waals surface area contributed by atoms with Gasteiger partial charge in [-0.2, -0.15) is 0 Å². The van der Waals surface area contributed by atoms with Gasteiger partial charge >= 0.3 is 0 Å². The Morgan fingerprint density at radius 2 is 1.97 bits per heavy atom. The fourth-order valence-electron chi connectivity index (χ4n) is 4.33. The molecule has 10 heteroatoms. The Bertz CT molecular complexity index is 891. The summed E-state index contributed by atoms with van der Waals surface area (Å²) in [5, 5.41) is 10.4. The van der Waals surface area contributed by atoms with Gasteiger partial charge in [-0.25, -0.2) is 19.9 Å². The standard InChI is InChI=1S/C20H27N7O2S/c21-20-22-9-13(10-23-20)18-24-16-8-15(12-26-3-1-2-14(28)11-26)30-17(16)19(25-18)27-4-6-29-7-5-27/h9-10,14-15,28H,1-8,11-12H2,(H2,21,22,23)/t14-,15?/m1/s1. The van der Waals surface area contributed by atoms with Crippen molar-refractivity contribution in [2.45, 2.75) is 35.5 Å². The highest BCUT2D eigenvalue weighted by Gasteiger charge is 2.32. The molecule has 160 valence electrons. The fraction of sp³-hybridized carbons (Fsp3) is 0.600. The molecular weight excluding hydrogens is 402 g/mol. The van der Waals surface area contributed by atoms with Crippen molar-refractivity contribution in [1.82, 2.24) is 24.8 Å². The SMILES string of the molecule is Nc1ncc(-c2nc3c(c(N4CCOCC4)n2)SC(CN2CCC[C@@H](O)C2)C3)cn1. The first-order chi connectivity index (χ1) is 14.7. The number of ether oxygens (including phenoxy) is 1. The van der Waals surface area contributed by atoms with E-state index in [-0.39, 0.29) is 12.1 Å². The van der Waals surface area contributed by atoms with E-state index >= 15 is 0 Å². The number of aliphatic hydroxyl groups excluding tert-OH is 1. The molecule has 5 rings (SSSR count). The molecule has 0 bridgehead atoms. The van der Waals surface area contributed by atoms with Gasteiger partial charge in [-0.15, -0.1) is 11.8 Å². The molecule has 0 amide bonds. The first-order valence-corrected chi connectivity index (χ1v) is 11.4. The molecule has 3 aliphatic rings. The van der Waals surface area contributed by atoms with Gasteiger partial charge in [0, 0.05) is 50.2 Å². The van der Waals surface area contributed by atoms with E-state index in [2.05, 4.69) is 19.8 Å². The third-order valence-corrected chi connectivity index (χ3v) is 7.11. The van der Waals surface area contributed by atoms with Crippen molar-refractivity contribution < 1.29 is 9.84 Å². The smallest absolute Gasteiger partial charge is 0.219 e. The number of rotatable bonds is 4. The largest absolute Gasteiger partial charge is 0.392 e. The van der Waals surface area contributed by atoms with E-state index in [1.54, 1.807) is 12.4 Å². The molecule has 2 aromatic heterocycles. The van der Waals surface area contributed by atoms with Gasteiger partial charge in [0.15, 0.2) is 5.82 Å². The molecule has 5 heterocycles. The Kier molecular flexibility index (Phi) is 5.72. The summed E-state index contributed by atoms with van der Waals surface area (Å²) in [6.45, 7) is 5.85. The van der Waals surface area contributed by atoms with Crippen molar-refractivity contribution in [2.75, 3.05) is 56.6 Å². The van der Waals surface area contributed by atoms with E-state index in [0.29, 0.717) is 24.3 Å².